The second kappa shape index (κ2) is 5.58. The number of fused-ring (bicyclic) bond motifs is 1. The Kier molecular flexibility index (Phi) is 4.04. The van der Waals surface area contributed by atoms with Crippen molar-refractivity contribution in [3.63, 3.8) is 0 Å². The van der Waals surface area contributed by atoms with E-state index in [-0.39, 0.29) is 12.3 Å². The number of carbonyl (C=O) groups excluding carboxylic acids is 2. The number of ketones is 1. The maximum absolute atomic E-state index is 11.9. The summed E-state index contributed by atoms with van der Waals surface area (Å²) in [7, 11) is 0. The van der Waals surface area contributed by atoms with E-state index in [0.717, 1.165) is 10.2 Å². The fraction of sp³-hybridized carbons (Fsp3) is 0.357. The molecule has 105 valence electrons. The zero-order valence-electron chi connectivity index (χ0n) is 11.5. The highest BCUT2D eigenvalue weighted by Gasteiger charge is 2.19. The molecule has 1 heterocycles. The highest BCUT2D eigenvalue weighted by molar-refractivity contribution is 7.20. The molecule has 2 rings (SSSR count). The van der Waals surface area contributed by atoms with E-state index >= 15 is 0 Å². The van der Waals surface area contributed by atoms with Gasteiger partial charge in [0.05, 0.1) is 10.2 Å². The van der Waals surface area contributed by atoms with Crippen molar-refractivity contribution in [2.45, 2.75) is 26.4 Å². The summed E-state index contributed by atoms with van der Waals surface area (Å²) in [6, 6.07) is 7.49. The molecule has 5 nitrogen and oxygen atoms in total. The van der Waals surface area contributed by atoms with E-state index in [1.54, 1.807) is 20.8 Å². The van der Waals surface area contributed by atoms with E-state index in [9.17, 15) is 9.59 Å². The first-order valence-electron chi connectivity index (χ1n) is 6.14. The average Bonchev–Trinajstić information content (AvgIpc) is 2.77. The zero-order chi connectivity index (χ0) is 14.8. The number of nitrogens with zero attached hydrogens (tertiary/aromatic N) is 2. The maximum atomic E-state index is 11.9. The monoisotopic (exact) mass is 291 g/mol. The number of thiazole rings is 1. The first-order valence-corrected chi connectivity index (χ1v) is 6.96. The molecule has 2 aromatic rings. The molecule has 0 fully saturated rings. The van der Waals surface area contributed by atoms with Crippen molar-refractivity contribution in [3.8, 4) is 0 Å². The summed E-state index contributed by atoms with van der Waals surface area (Å²) in [4.78, 5) is 27.6. The molecule has 1 amide bonds. The Balaban J connectivity index is 1.97. The molecule has 0 atom stereocenters. The van der Waals surface area contributed by atoms with Crippen LogP contribution in [0.15, 0.2) is 24.3 Å². The van der Waals surface area contributed by atoms with Crippen LogP contribution >= 0.6 is 11.3 Å². The first-order chi connectivity index (χ1) is 9.35. The van der Waals surface area contributed by atoms with Crippen molar-refractivity contribution in [1.82, 2.24) is 10.3 Å². The normalized spacial score (nSPS) is 11.3. The average molecular weight is 291 g/mol. The van der Waals surface area contributed by atoms with Gasteiger partial charge in [-0.3, -0.25) is 4.79 Å². The zero-order valence-corrected chi connectivity index (χ0v) is 12.4. The van der Waals surface area contributed by atoms with Crippen molar-refractivity contribution >= 4 is 33.4 Å². The molecule has 1 aromatic heterocycles. The Morgan fingerprint density at radius 2 is 2.00 bits per heavy atom. The first kappa shape index (κ1) is 14.5. The molecule has 0 aliphatic rings. The molecule has 1 radical (unpaired) electrons. The molecule has 0 spiro atoms. The lowest BCUT2D eigenvalue weighted by Gasteiger charge is -2.18. The largest absolute Gasteiger partial charge is 0.442 e. The van der Waals surface area contributed by atoms with Crippen molar-refractivity contribution in [2.75, 3.05) is 6.54 Å². The number of amides is 1. The van der Waals surface area contributed by atoms with Gasteiger partial charge in [-0.1, -0.05) is 12.1 Å². The van der Waals surface area contributed by atoms with Gasteiger partial charge in [0.1, 0.15) is 12.1 Å². The third kappa shape index (κ3) is 3.77. The van der Waals surface area contributed by atoms with Gasteiger partial charge in [0, 0.05) is 0 Å². The summed E-state index contributed by atoms with van der Waals surface area (Å²) < 4.78 is 5.95. The van der Waals surface area contributed by atoms with Crippen LogP contribution in [0, 0.1) is 0 Å². The van der Waals surface area contributed by atoms with E-state index in [4.69, 9.17) is 4.74 Å². The van der Waals surface area contributed by atoms with E-state index in [0.29, 0.717) is 5.01 Å². The Morgan fingerprint density at radius 1 is 1.30 bits per heavy atom. The molecular formula is C14H15N2O3S. The third-order valence-electron chi connectivity index (χ3n) is 2.28. The molecule has 0 aliphatic heterocycles. The van der Waals surface area contributed by atoms with Crippen molar-refractivity contribution in [2.24, 2.45) is 0 Å². The predicted molar refractivity (Wildman–Crippen MR) is 77.2 cm³/mol. The summed E-state index contributed by atoms with van der Waals surface area (Å²) in [6.45, 7) is 5.00. The van der Waals surface area contributed by atoms with Gasteiger partial charge >= 0.3 is 6.09 Å². The molecule has 0 bridgehead atoms. The Labute approximate surface area is 121 Å². The maximum Gasteiger partial charge on any atom is 0.429 e. The van der Waals surface area contributed by atoms with Crippen LogP contribution < -0.4 is 5.32 Å². The van der Waals surface area contributed by atoms with Gasteiger partial charge < -0.3 is 4.74 Å². The Hall–Kier alpha value is -1.95. The summed E-state index contributed by atoms with van der Waals surface area (Å²) >= 11 is 1.30. The van der Waals surface area contributed by atoms with Crippen LogP contribution in [-0.2, 0) is 4.74 Å². The minimum atomic E-state index is -0.730. The second-order valence-corrected chi connectivity index (χ2v) is 6.24. The third-order valence-corrected chi connectivity index (χ3v) is 3.36. The molecule has 0 saturated carbocycles. The summed E-state index contributed by atoms with van der Waals surface area (Å²) in [5, 5.41) is 3.97. The molecule has 0 aliphatic carbocycles. The SMILES string of the molecule is CC(C)(C)OC(=O)[N]CC(=O)c1nc2ccccc2s1. The molecule has 0 saturated heterocycles. The van der Waals surface area contributed by atoms with Crippen molar-refractivity contribution in [1.29, 1.82) is 0 Å². The summed E-state index contributed by atoms with van der Waals surface area (Å²) in [5.74, 6) is -0.281. The second-order valence-electron chi connectivity index (χ2n) is 5.21. The van der Waals surface area contributed by atoms with E-state index in [2.05, 4.69) is 10.3 Å². The van der Waals surface area contributed by atoms with Crippen LogP contribution in [0.4, 0.5) is 4.79 Å². The molecular weight excluding hydrogens is 276 g/mol. The van der Waals surface area contributed by atoms with Gasteiger partial charge in [0.25, 0.3) is 0 Å². The van der Waals surface area contributed by atoms with Crippen LogP contribution in [0.3, 0.4) is 0 Å². The van der Waals surface area contributed by atoms with Crippen LogP contribution in [0.2, 0.25) is 0 Å². The Morgan fingerprint density at radius 3 is 2.65 bits per heavy atom. The highest BCUT2D eigenvalue weighted by Crippen LogP contribution is 2.21. The van der Waals surface area contributed by atoms with E-state index < -0.39 is 11.7 Å². The highest BCUT2D eigenvalue weighted by atomic mass is 32.1. The number of benzene rings is 1. The summed E-state index contributed by atoms with van der Waals surface area (Å²) in [6.07, 6.45) is -0.730. The van der Waals surface area contributed by atoms with Gasteiger partial charge in [-0.05, 0) is 32.9 Å². The number of carbonyl (C=O) groups is 2. The number of hydrogen-bond donors (Lipinski definition) is 0. The number of hydrogen-bond acceptors (Lipinski definition) is 5. The number of aromatic nitrogens is 1. The molecule has 0 unspecified atom stereocenters. The number of para-hydroxylation sites is 1. The number of ether oxygens (including phenoxy) is 1. The van der Waals surface area contributed by atoms with Gasteiger partial charge in [0.2, 0.25) is 5.78 Å². The van der Waals surface area contributed by atoms with Crippen LogP contribution in [-0.4, -0.2) is 29.0 Å². The minimum Gasteiger partial charge on any atom is -0.442 e. The minimum absolute atomic E-state index is 0.241. The fourth-order valence-corrected chi connectivity index (χ4v) is 2.39. The fourth-order valence-electron chi connectivity index (χ4n) is 1.49. The van der Waals surface area contributed by atoms with Crippen molar-refractivity contribution < 1.29 is 14.3 Å². The number of Topliss-reactive ketones (excluding diaryl/α,β-unsaturated/α-hetero) is 1. The number of rotatable bonds is 3. The lowest BCUT2D eigenvalue weighted by Crippen LogP contribution is -2.31. The van der Waals surface area contributed by atoms with E-state index in [1.807, 2.05) is 24.3 Å². The van der Waals surface area contributed by atoms with Crippen LogP contribution in [0.5, 0.6) is 0 Å². The predicted octanol–water partition coefficient (Wildman–Crippen LogP) is 3.02. The lowest BCUT2D eigenvalue weighted by molar-refractivity contribution is 0.0513. The van der Waals surface area contributed by atoms with Gasteiger partial charge in [-0.25, -0.2) is 15.1 Å². The molecule has 20 heavy (non-hydrogen) atoms. The lowest BCUT2D eigenvalue weighted by atomic mass is 10.2. The van der Waals surface area contributed by atoms with Crippen LogP contribution in [0.1, 0.15) is 30.6 Å². The Bertz CT molecular complexity index is 610. The quantitative estimate of drug-likeness (QED) is 0.815. The molecule has 0 N–H and O–H groups in total. The molecule has 1 aromatic carbocycles. The topological polar surface area (TPSA) is 70.4 Å². The van der Waals surface area contributed by atoms with Gasteiger partial charge in [-0.15, -0.1) is 11.3 Å². The molecule has 6 heteroatoms. The smallest absolute Gasteiger partial charge is 0.429 e. The van der Waals surface area contributed by atoms with Gasteiger partial charge in [0.15, 0.2) is 5.01 Å². The summed E-state index contributed by atoms with van der Waals surface area (Å²) in [5.41, 5.74) is 0.164. The van der Waals surface area contributed by atoms with E-state index in [1.165, 1.54) is 11.3 Å². The van der Waals surface area contributed by atoms with Gasteiger partial charge in [-0.2, -0.15) is 0 Å². The van der Waals surface area contributed by atoms with Crippen molar-refractivity contribution in [3.05, 3.63) is 29.3 Å². The standard InChI is InChI=1S/C14H15N2O3S/c1-14(2,3)19-13(18)15-8-10(17)12-16-9-6-4-5-7-11(9)20-12/h4-7H,8H2,1-3H3. The van der Waals surface area contributed by atoms with Crippen LogP contribution in [0.25, 0.3) is 10.2 Å².